The highest BCUT2D eigenvalue weighted by atomic mass is 16.2. The molecule has 4 rings (SSSR count). The van der Waals surface area contributed by atoms with E-state index in [1.165, 1.54) is 22.0 Å². The number of rotatable bonds is 4. The van der Waals surface area contributed by atoms with Crippen molar-refractivity contribution in [3.05, 3.63) is 70.6 Å². The highest BCUT2D eigenvalue weighted by molar-refractivity contribution is 6.04. The van der Waals surface area contributed by atoms with E-state index in [-0.39, 0.29) is 5.91 Å². The van der Waals surface area contributed by atoms with Crippen LogP contribution in [0, 0.1) is 27.7 Å². The molecule has 0 saturated carbocycles. The lowest BCUT2D eigenvalue weighted by Crippen LogP contribution is -2.18. The molecule has 0 radical (unpaired) electrons. The Balaban J connectivity index is 1.65. The van der Waals surface area contributed by atoms with Crippen LogP contribution in [0.25, 0.3) is 5.78 Å². The zero-order valence-electron chi connectivity index (χ0n) is 16.3. The number of carbonyl (C=O) groups excluding carboxylic acids is 1. The van der Waals surface area contributed by atoms with Crippen molar-refractivity contribution in [2.75, 3.05) is 5.32 Å². The van der Waals surface area contributed by atoms with Gasteiger partial charge < -0.3 is 5.32 Å². The minimum absolute atomic E-state index is 0.275. The number of nitrogens with one attached hydrogen (secondary N) is 1. The highest BCUT2D eigenvalue weighted by Gasteiger charge is 2.19. The molecule has 0 unspecified atom stereocenters. The van der Waals surface area contributed by atoms with Gasteiger partial charge in [0.15, 0.2) is 0 Å². The number of amides is 1. The SMILES string of the molecule is Cc1cc(C(=O)Nc2c(C)nn(Cc3ccccc3C)c2C)n2ncnc2n1. The maximum absolute atomic E-state index is 12.9. The number of hydrogen-bond acceptors (Lipinski definition) is 5. The summed E-state index contributed by atoms with van der Waals surface area (Å²) in [4.78, 5) is 21.3. The third kappa shape index (κ3) is 3.13. The first-order chi connectivity index (χ1) is 13.4. The maximum atomic E-state index is 12.9. The lowest BCUT2D eigenvalue weighted by Gasteiger charge is -2.09. The Hall–Kier alpha value is -3.55. The molecule has 0 atom stereocenters. The normalized spacial score (nSPS) is 11.1. The van der Waals surface area contributed by atoms with Crippen molar-refractivity contribution >= 4 is 17.4 Å². The molecule has 0 aliphatic carbocycles. The van der Waals surface area contributed by atoms with Crippen LogP contribution in [0.3, 0.4) is 0 Å². The molecule has 8 heteroatoms. The van der Waals surface area contributed by atoms with E-state index >= 15 is 0 Å². The van der Waals surface area contributed by atoms with Crippen LogP contribution in [0.15, 0.2) is 36.7 Å². The van der Waals surface area contributed by atoms with Crippen molar-refractivity contribution in [1.82, 2.24) is 29.4 Å². The molecule has 3 heterocycles. The first kappa shape index (κ1) is 17.8. The van der Waals surface area contributed by atoms with Gasteiger partial charge in [0.05, 0.1) is 23.6 Å². The summed E-state index contributed by atoms with van der Waals surface area (Å²) in [6, 6.07) is 9.91. The molecule has 0 aliphatic rings. The van der Waals surface area contributed by atoms with Crippen molar-refractivity contribution in [3.8, 4) is 0 Å². The number of benzene rings is 1. The van der Waals surface area contributed by atoms with Crippen LogP contribution in [0.2, 0.25) is 0 Å². The van der Waals surface area contributed by atoms with Gasteiger partial charge in [-0.2, -0.15) is 19.7 Å². The van der Waals surface area contributed by atoms with Gasteiger partial charge in [-0.05, 0) is 44.9 Å². The molecule has 4 aromatic rings. The largest absolute Gasteiger partial charge is 0.317 e. The Labute approximate surface area is 162 Å². The summed E-state index contributed by atoms with van der Waals surface area (Å²) in [6.07, 6.45) is 1.38. The summed E-state index contributed by atoms with van der Waals surface area (Å²) in [6.45, 7) is 8.40. The lowest BCUT2D eigenvalue weighted by molar-refractivity contribution is 0.101. The van der Waals surface area contributed by atoms with Crippen LogP contribution in [-0.2, 0) is 6.54 Å². The Kier molecular flexibility index (Phi) is 4.38. The number of hydrogen-bond donors (Lipinski definition) is 1. The van der Waals surface area contributed by atoms with E-state index in [0.717, 1.165) is 11.4 Å². The summed E-state index contributed by atoms with van der Waals surface area (Å²) >= 11 is 0. The van der Waals surface area contributed by atoms with Gasteiger partial charge in [-0.3, -0.25) is 9.48 Å². The second kappa shape index (κ2) is 6.88. The van der Waals surface area contributed by atoms with Crippen LogP contribution in [0.4, 0.5) is 5.69 Å². The van der Waals surface area contributed by atoms with Gasteiger partial charge in [0.1, 0.15) is 12.0 Å². The fraction of sp³-hybridized carbons (Fsp3) is 0.250. The molecule has 0 fully saturated rings. The quantitative estimate of drug-likeness (QED) is 0.592. The molecule has 1 aromatic carbocycles. The minimum atomic E-state index is -0.275. The number of aryl methyl sites for hydroxylation is 3. The van der Waals surface area contributed by atoms with Crippen molar-refractivity contribution in [3.63, 3.8) is 0 Å². The Morgan fingerprint density at radius 2 is 1.93 bits per heavy atom. The third-order valence-electron chi connectivity index (χ3n) is 4.81. The molecule has 0 spiro atoms. The minimum Gasteiger partial charge on any atom is -0.317 e. The average molecular weight is 375 g/mol. The number of aromatic nitrogens is 6. The van der Waals surface area contributed by atoms with Gasteiger partial charge in [0.25, 0.3) is 11.7 Å². The average Bonchev–Trinajstić information content (AvgIpc) is 3.23. The highest BCUT2D eigenvalue weighted by Crippen LogP contribution is 2.22. The number of nitrogens with zero attached hydrogens (tertiary/aromatic N) is 6. The summed E-state index contributed by atoms with van der Waals surface area (Å²) in [5.74, 6) is 0.122. The van der Waals surface area contributed by atoms with E-state index in [1.807, 2.05) is 37.6 Å². The molecule has 0 saturated heterocycles. The van der Waals surface area contributed by atoms with Crippen molar-refractivity contribution in [1.29, 1.82) is 0 Å². The summed E-state index contributed by atoms with van der Waals surface area (Å²) in [7, 11) is 0. The van der Waals surface area contributed by atoms with E-state index < -0.39 is 0 Å². The zero-order valence-corrected chi connectivity index (χ0v) is 16.3. The summed E-state index contributed by atoms with van der Waals surface area (Å²) in [5.41, 5.74) is 5.86. The molecular formula is C20H21N7O. The molecular weight excluding hydrogens is 354 g/mol. The molecule has 0 bridgehead atoms. The fourth-order valence-corrected chi connectivity index (χ4v) is 3.25. The van der Waals surface area contributed by atoms with Gasteiger partial charge in [-0.15, -0.1) is 0 Å². The van der Waals surface area contributed by atoms with E-state index in [2.05, 4.69) is 44.5 Å². The van der Waals surface area contributed by atoms with E-state index in [9.17, 15) is 4.79 Å². The van der Waals surface area contributed by atoms with E-state index in [0.29, 0.717) is 29.4 Å². The van der Waals surface area contributed by atoms with Crippen LogP contribution in [-0.4, -0.2) is 35.3 Å². The van der Waals surface area contributed by atoms with E-state index in [4.69, 9.17) is 0 Å². The van der Waals surface area contributed by atoms with Crippen LogP contribution in [0.5, 0.6) is 0 Å². The van der Waals surface area contributed by atoms with Crippen LogP contribution in [0.1, 0.15) is 38.7 Å². The second-order valence-corrected chi connectivity index (χ2v) is 6.84. The van der Waals surface area contributed by atoms with Crippen LogP contribution < -0.4 is 5.32 Å². The molecule has 1 N–H and O–H groups in total. The predicted octanol–water partition coefficient (Wildman–Crippen LogP) is 2.86. The molecule has 0 aliphatic heterocycles. The topological polar surface area (TPSA) is 90.0 Å². The first-order valence-electron chi connectivity index (χ1n) is 9.01. The number of carbonyl (C=O) groups is 1. The van der Waals surface area contributed by atoms with Crippen molar-refractivity contribution in [2.24, 2.45) is 0 Å². The Morgan fingerprint density at radius 1 is 1.14 bits per heavy atom. The lowest BCUT2D eigenvalue weighted by atomic mass is 10.1. The van der Waals surface area contributed by atoms with Gasteiger partial charge in [0, 0.05) is 5.69 Å². The Morgan fingerprint density at radius 3 is 2.71 bits per heavy atom. The van der Waals surface area contributed by atoms with Gasteiger partial charge in [0.2, 0.25) is 0 Å². The smallest absolute Gasteiger partial charge is 0.274 e. The first-order valence-corrected chi connectivity index (χ1v) is 9.01. The van der Waals surface area contributed by atoms with Gasteiger partial charge >= 0.3 is 0 Å². The molecule has 28 heavy (non-hydrogen) atoms. The molecule has 142 valence electrons. The second-order valence-electron chi connectivity index (χ2n) is 6.84. The van der Waals surface area contributed by atoms with E-state index in [1.54, 1.807) is 6.07 Å². The maximum Gasteiger partial charge on any atom is 0.274 e. The third-order valence-corrected chi connectivity index (χ3v) is 4.81. The standard InChI is InChI=1S/C20H21N7O/c1-12-7-5-6-8-16(12)10-26-15(4)18(14(3)25-26)24-19(28)17-9-13(2)23-20-21-11-22-27(17)20/h5-9,11H,10H2,1-4H3,(H,24,28). The predicted molar refractivity (Wildman–Crippen MR) is 105 cm³/mol. The monoisotopic (exact) mass is 375 g/mol. The molecule has 1 amide bonds. The Bertz CT molecular complexity index is 1190. The fourth-order valence-electron chi connectivity index (χ4n) is 3.25. The molecule has 3 aromatic heterocycles. The van der Waals surface area contributed by atoms with Gasteiger partial charge in [-0.1, -0.05) is 24.3 Å². The summed E-state index contributed by atoms with van der Waals surface area (Å²) < 4.78 is 3.35. The van der Waals surface area contributed by atoms with Crippen LogP contribution >= 0.6 is 0 Å². The van der Waals surface area contributed by atoms with Crippen molar-refractivity contribution < 1.29 is 4.79 Å². The summed E-state index contributed by atoms with van der Waals surface area (Å²) in [5, 5.41) is 11.7. The van der Waals surface area contributed by atoms with Crippen molar-refractivity contribution in [2.45, 2.75) is 34.2 Å². The number of fused-ring (bicyclic) bond motifs is 1. The zero-order chi connectivity index (χ0) is 19.8. The molecule has 8 nitrogen and oxygen atoms in total. The number of anilines is 1. The van der Waals surface area contributed by atoms with Gasteiger partial charge in [-0.25, -0.2) is 4.98 Å².